The largest absolute Gasteiger partial charge is 0.496 e. The highest BCUT2D eigenvalue weighted by atomic mass is 19.4. The average Bonchev–Trinajstić information content (AvgIpc) is 3.33. The summed E-state index contributed by atoms with van der Waals surface area (Å²) >= 11 is 0. The number of nitrogens with zero attached hydrogens (tertiary/aromatic N) is 4. The van der Waals surface area contributed by atoms with Crippen molar-refractivity contribution in [3.05, 3.63) is 47.5 Å². The highest BCUT2D eigenvalue weighted by Crippen LogP contribution is 2.41. The van der Waals surface area contributed by atoms with Crippen LogP contribution < -0.4 is 9.64 Å². The van der Waals surface area contributed by atoms with E-state index in [-0.39, 0.29) is 35.6 Å². The number of carboxylic acid groups (broad SMARTS) is 1. The summed E-state index contributed by atoms with van der Waals surface area (Å²) in [6.07, 6.45) is -1.83. The summed E-state index contributed by atoms with van der Waals surface area (Å²) in [5.41, 5.74) is 0.923. The van der Waals surface area contributed by atoms with E-state index in [2.05, 4.69) is 10.1 Å². The first kappa shape index (κ1) is 26.5. The first-order chi connectivity index (χ1) is 17.6. The SMILES string of the molecule is COc1cc(-c2noc(-c3ccc(N4CCCCC4C)c(C(F)(F)F)c3)n2)ccc1CN(C)CC(=O)O. The van der Waals surface area contributed by atoms with Gasteiger partial charge in [-0.25, -0.2) is 0 Å². The number of halogens is 3. The molecule has 3 aromatic rings. The zero-order valence-electron chi connectivity index (χ0n) is 20.9. The molecule has 0 spiro atoms. The number of benzene rings is 2. The number of carboxylic acids is 1. The molecule has 11 heteroatoms. The predicted octanol–water partition coefficient (Wildman–Crippen LogP) is 5.33. The van der Waals surface area contributed by atoms with E-state index in [1.807, 2.05) is 11.8 Å². The lowest BCUT2D eigenvalue weighted by atomic mass is 9.99. The van der Waals surface area contributed by atoms with Crippen LogP contribution in [0.25, 0.3) is 22.8 Å². The highest BCUT2D eigenvalue weighted by molar-refractivity contribution is 5.69. The van der Waals surface area contributed by atoms with Crippen molar-refractivity contribution in [3.8, 4) is 28.6 Å². The van der Waals surface area contributed by atoms with Crippen molar-refractivity contribution in [2.45, 2.75) is 44.9 Å². The summed E-state index contributed by atoms with van der Waals surface area (Å²) < 4.78 is 52.9. The fraction of sp³-hybridized carbons (Fsp3) is 0.423. The zero-order valence-corrected chi connectivity index (χ0v) is 20.9. The number of aromatic nitrogens is 2. The predicted molar refractivity (Wildman–Crippen MR) is 131 cm³/mol. The van der Waals surface area contributed by atoms with Gasteiger partial charge in [-0.3, -0.25) is 9.69 Å². The third-order valence-corrected chi connectivity index (χ3v) is 6.48. The van der Waals surface area contributed by atoms with Crippen molar-refractivity contribution in [1.29, 1.82) is 0 Å². The molecule has 0 saturated carbocycles. The lowest BCUT2D eigenvalue weighted by Gasteiger charge is -2.37. The minimum absolute atomic E-state index is 0.0250. The molecule has 1 fully saturated rings. The number of methoxy groups -OCH3 is 1. The van der Waals surface area contributed by atoms with Gasteiger partial charge in [-0.1, -0.05) is 17.3 Å². The van der Waals surface area contributed by atoms with Crippen LogP contribution in [0.15, 0.2) is 40.9 Å². The molecular weight excluding hydrogens is 489 g/mol. The van der Waals surface area contributed by atoms with Crippen molar-refractivity contribution >= 4 is 11.7 Å². The van der Waals surface area contributed by atoms with Gasteiger partial charge in [-0.2, -0.15) is 18.2 Å². The molecule has 0 amide bonds. The van der Waals surface area contributed by atoms with Gasteiger partial charge in [0.2, 0.25) is 5.82 Å². The molecule has 1 aromatic heterocycles. The molecule has 4 rings (SSSR count). The number of alkyl halides is 3. The Bertz CT molecular complexity index is 1260. The van der Waals surface area contributed by atoms with Crippen LogP contribution in [0.5, 0.6) is 5.75 Å². The van der Waals surface area contributed by atoms with Crippen molar-refractivity contribution in [3.63, 3.8) is 0 Å². The van der Waals surface area contributed by atoms with E-state index >= 15 is 0 Å². The number of piperidine rings is 1. The molecule has 37 heavy (non-hydrogen) atoms. The van der Waals surface area contributed by atoms with E-state index in [1.54, 1.807) is 36.2 Å². The lowest BCUT2D eigenvalue weighted by Crippen LogP contribution is -2.38. The minimum Gasteiger partial charge on any atom is -0.496 e. The molecule has 2 heterocycles. The van der Waals surface area contributed by atoms with Gasteiger partial charge in [-0.15, -0.1) is 0 Å². The van der Waals surface area contributed by atoms with Gasteiger partial charge in [0.05, 0.1) is 19.2 Å². The standard InChI is InChI=1S/C26H29F3N4O4/c1-16-6-4-5-11-33(16)21-10-9-18(12-20(21)26(27,28)29)25-30-24(31-37-25)17-7-8-19(22(13-17)36-3)14-32(2)15-23(34)35/h7-10,12-13,16H,4-6,11,14-15H2,1-3H3,(H,34,35). The summed E-state index contributed by atoms with van der Waals surface area (Å²) in [6, 6.07) is 9.32. The topological polar surface area (TPSA) is 91.9 Å². The number of hydrogen-bond acceptors (Lipinski definition) is 7. The monoisotopic (exact) mass is 518 g/mol. The maximum atomic E-state index is 14.0. The molecule has 8 nitrogen and oxygen atoms in total. The van der Waals surface area contributed by atoms with Gasteiger partial charge in [0.15, 0.2) is 0 Å². The molecular formula is C26H29F3N4O4. The summed E-state index contributed by atoms with van der Waals surface area (Å²) in [5.74, 6) is -0.269. The lowest BCUT2D eigenvalue weighted by molar-refractivity contribution is -0.138. The van der Waals surface area contributed by atoms with Gasteiger partial charge in [0.1, 0.15) is 5.75 Å². The summed E-state index contributed by atoms with van der Waals surface area (Å²) in [7, 11) is 3.17. The van der Waals surface area contributed by atoms with Gasteiger partial charge in [-0.05, 0) is 57.5 Å². The third kappa shape index (κ3) is 6.04. The van der Waals surface area contributed by atoms with Gasteiger partial charge >= 0.3 is 12.1 Å². The first-order valence-electron chi connectivity index (χ1n) is 12.0. The van der Waals surface area contributed by atoms with Crippen LogP contribution in [0.3, 0.4) is 0 Å². The molecule has 1 saturated heterocycles. The van der Waals surface area contributed by atoms with Gasteiger partial charge in [0, 0.05) is 41.5 Å². The molecule has 198 valence electrons. The fourth-order valence-electron chi connectivity index (χ4n) is 4.65. The van der Waals surface area contributed by atoms with E-state index in [9.17, 15) is 18.0 Å². The molecule has 1 unspecified atom stereocenters. The number of ether oxygens (including phenoxy) is 1. The van der Waals surface area contributed by atoms with E-state index in [4.69, 9.17) is 14.4 Å². The summed E-state index contributed by atoms with van der Waals surface area (Å²) in [5, 5.41) is 12.9. The van der Waals surface area contributed by atoms with Gasteiger partial charge in [0.25, 0.3) is 5.89 Å². The van der Waals surface area contributed by atoms with Crippen molar-refractivity contribution in [2.75, 3.05) is 32.1 Å². The maximum absolute atomic E-state index is 14.0. The Hall–Kier alpha value is -3.60. The Balaban J connectivity index is 1.62. The average molecular weight is 519 g/mol. The number of anilines is 1. The number of carbonyl (C=O) groups is 1. The molecule has 0 radical (unpaired) electrons. The minimum atomic E-state index is -4.54. The van der Waals surface area contributed by atoms with E-state index in [0.29, 0.717) is 24.4 Å². The number of rotatable bonds is 8. The molecule has 2 aromatic carbocycles. The van der Waals surface area contributed by atoms with Crippen LogP contribution in [0.1, 0.15) is 37.3 Å². The Morgan fingerprint density at radius 1 is 1.22 bits per heavy atom. The van der Waals surface area contributed by atoms with Crippen molar-refractivity contribution in [2.24, 2.45) is 0 Å². The molecule has 0 aliphatic carbocycles. The zero-order chi connectivity index (χ0) is 26.7. The second kappa shape index (κ2) is 10.8. The van der Waals surface area contributed by atoms with E-state index in [1.165, 1.54) is 13.2 Å². The smallest absolute Gasteiger partial charge is 0.418 e. The summed E-state index contributed by atoms with van der Waals surface area (Å²) in [6.45, 7) is 2.74. The quantitative estimate of drug-likeness (QED) is 0.428. The number of aliphatic carboxylic acids is 1. The van der Waals surface area contributed by atoms with Crippen LogP contribution in [-0.4, -0.2) is 59.4 Å². The Kier molecular flexibility index (Phi) is 7.72. The maximum Gasteiger partial charge on any atom is 0.418 e. The highest BCUT2D eigenvalue weighted by Gasteiger charge is 2.37. The second-order valence-corrected chi connectivity index (χ2v) is 9.28. The van der Waals surface area contributed by atoms with Crippen molar-refractivity contribution in [1.82, 2.24) is 15.0 Å². The van der Waals surface area contributed by atoms with Crippen LogP contribution in [-0.2, 0) is 17.5 Å². The van der Waals surface area contributed by atoms with Crippen LogP contribution in [0.4, 0.5) is 18.9 Å². The normalized spacial score (nSPS) is 16.3. The molecule has 1 aliphatic rings. The number of hydrogen-bond donors (Lipinski definition) is 1. The summed E-state index contributed by atoms with van der Waals surface area (Å²) in [4.78, 5) is 18.7. The Morgan fingerprint density at radius 3 is 2.65 bits per heavy atom. The third-order valence-electron chi connectivity index (χ3n) is 6.48. The van der Waals surface area contributed by atoms with E-state index in [0.717, 1.165) is 30.9 Å². The Morgan fingerprint density at radius 2 is 1.97 bits per heavy atom. The first-order valence-corrected chi connectivity index (χ1v) is 12.0. The van der Waals surface area contributed by atoms with Crippen LogP contribution in [0, 0.1) is 0 Å². The molecule has 1 N–H and O–H groups in total. The van der Waals surface area contributed by atoms with Crippen molar-refractivity contribution < 1.29 is 32.3 Å². The van der Waals surface area contributed by atoms with E-state index < -0.39 is 17.7 Å². The fourth-order valence-corrected chi connectivity index (χ4v) is 4.65. The Labute approximate surface area is 212 Å². The van der Waals surface area contributed by atoms with Crippen LogP contribution >= 0.6 is 0 Å². The second-order valence-electron chi connectivity index (χ2n) is 9.28. The molecule has 1 atom stereocenters. The molecule has 1 aliphatic heterocycles. The van der Waals surface area contributed by atoms with Crippen LogP contribution in [0.2, 0.25) is 0 Å². The molecule has 0 bridgehead atoms. The van der Waals surface area contributed by atoms with Gasteiger partial charge < -0.3 is 19.3 Å². The number of likely N-dealkylation sites (N-methyl/N-ethyl adjacent to an activating group) is 1.